The first-order chi connectivity index (χ1) is 8.57. The molecule has 1 fully saturated rings. The summed E-state index contributed by atoms with van der Waals surface area (Å²) in [4.78, 5) is 13.5. The molecule has 1 heterocycles. The molecule has 6 nitrogen and oxygen atoms in total. The van der Waals surface area contributed by atoms with Crippen LogP contribution in [0.3, 0.4) is 0 Å². The van der Waals surface area contributed by atoms with E-state index >= 15 is 0 Å². The lowest BCUT2D eigenvalue weighted by atomic mass is 10.1. The molecule has 0 bridgehead atoms. The summed E-state index contributed by atoms with van der Waals surface area (Å²) in [6.07, 6.45) is 2.21. The minimum Gasteiger partial charge on any atom is -0.444 e. The third-order valence-corrected chi connectivity index (χ3v) is 3.36. The third-order valence-electron chi connectivity index (χ3n) is 2.76. The highest BCUT2D eigenvalue weighted by Crippen LogP contribution is 2.22. The van der Waals surface area contributed by atoms with Gasteiger partial charge in [-0.3, -0.25) is 4.18 Å². The molecule has 19 heavy (non-hydrogen) atoms. The second kappa shape index (κ2) is 6.09. The molecular formula is C12H23NO5S. The maximum Gasteiger partial charge on any atom is 0.410 e. The van der Waals surface area contributed by atoms with Crippen LogP contribution in [0.25, 0.3) is 0 Å². The fraction of sp³-hybridized carbons (Fsp3) is 0.917. The lowest BCUT2D eigenvalue weighted by Gasteiger charge is -2.24. The fourth-order valence-corrected chi connectivity index (χ4v) is 2.33. The lowest BCUT2D eigenvalue weighted by Crippen LogP contribution is -2.35. The highest BCUT2D eigenvalue weighted by Gasteiger charge is 2.29. The number of hydrogen-bond acceptors (Lipinski definition) is 5. The van der Waals surface area contributed by atoms with Gasteiger partial charge in [-0.2, -0.15) is 8.42 Å². The molecule has 1 atom stereocenters. The van der Waals surface area contributed by atoms with Gasteiger partial charge in [-0.15, -0.1) is 0 Å². The van der Waals surface area contributed by atoms with Gasteiger partial charge in [0.25, 0.3) is 10.1 Å². The maximum absolute atomic E-state index is 11.8. The summed E-state index contributed by atoms with van der Waals surface area (Å²) in [5, 5.41) is 0. The molecular weight excluding hydrogens is 270 g/mol. The van der Waals surface area contributed by atoms with Gasteiger partial charge in [0.1, 0.15) is 5.60 Å². The highest BCUT2D eigenvalue weighted by molar-refractivity contribution is 7.85. The number of nitrogens with zero attached hydrogens (tertiary/aromatic N) is 1. The number of likely N-dealkylation sites (tertiary alicyclic amines) is 1. The predicted octanol–water partition coefficient (Wildman–Crippen LogP) is 1.61. The Hall–Kier alpha value is -0.820. The molecule has 112 valence electrons. The maximum atomic E-state index is 11.8. The van der Waals surface area contributed by atoms with Crippen LogP contribution in [0.2, 0.25) is 0 Å². The fourth-order valence-electron chi connectivity index (χ4n) is 1.93. The molecule has 1 unspecified atom stereocenters. The van der Waals surface area contributed by atoms with Crippen molar-refractivity contribution in [2.75, 3.05) is 26.0 Å². The van der Waals surface area contributed by atoms with Gasteiger partial charge in [0.15, 0.2) is 0 Å². The molecule has 0 N–H and O–H groups in total. The zero-order chi connectivity index (χ0) is 14.7. The number of carbonyl (C=O) groups excluding carboxylic acids is 1. The molecule has 1 rings (SSSR count). The summed E-state index contributed by atoms with van der Waals surface area (Å²) in [7, 11) is -3.37. The van der Waals surface area contributed by atoms with Crippen molar-refractivity contribution in [1.82, 2.24) is 4.90 Å². The van der Waals surface area contributed by atoms with E-state index in [9.17, 15) is 13.2 Å². The third kappa shape index (κ3) is 6.77. The Morgan fingerprint density at radius 3 is 2.53 bits per heavy atom. The Balaban J connectivity index is 2.32. The van der Waals surface area contributed by atoms with Gasteiger partial charge in [0.05, 0.1) is 12.9 Å². The van der Waals surface area contributed by atoms with Crippen molar-refractivity contribution in [1.29, 1.82) is 0 Å². The standard InChI is InChI=1S/C12H23NO5S/c1-12(2,3)18-11(14)13-7-5-10(9-13)6-8-17-19(4,15)16/h10H,5-9H2,1-4H3. The van der Waals surface area contributed by atoms with Crippen LogP contribution >= 0.6 is 0 Å². The van der Waals surface area contributed by atoms with E-state index in [4.69, 9.17) is 8.92 Å². The zero-order valence-electron chi connectivity index (χ0n) is 12.0. The topological polar surface area (TPSA) is 72.9 Å². The van der Waals surface area contributed by atoms with E-state index in [0.29, 0.717) is 19.5 Å². The second-order valence-electron chi connectivity index (χ2n) is 5.90. The number of amides is 1. The Kier molecular flexibility index (Phi) is 5.20. The van der Waals surface area contributed by atoms with Crippen LogP contribution in [0.4, 0.5) is 4.79 Å². The van der Waals surface area contributed by atoms with E-state index in [1.807, 2.05) is 20.8 Å². The van der Waals surface area contributed by atoms with Gasteiger partial charge in [-0.05, 0) is 39.5 Å². The van der Waals surface area contributed by atoms with Gasteiger partial charge < -0.3 is 9.64 Å². The van der Waals surface area contributed by atoms with Crippen molar-refractivity contribution in [3.8, 4) is 0 Å². The van der Waals surface area contributed by atoms with Crippen LogP contribution in [0.5, 0.6) is 0 Å². The van der Waals surface area contributed by atoms with Crippen molar-refractivity contribution in [2.24, 2.45) is 5.92 Å². The normalized spacial score (nSPS) is 20.6. The number of carbonyl (C=O) groups is 1. The minimum absolute atomic E-state index is 0.172. The summed E-state index contributed by atoms with van der Waals surface area (Å²) < 4.78 is 31.6. The van der Waals surface area contributed by atoms with Crippen LogP contribution in [-0.2, 0) is 19.0 Å². The van der Waals surface area contributed by atoms with Crippen LogP contribution < -0.4 is 0 Å². The van der Waals surface area contributed by atoms with E-state index in [2.05, 4.69) is 0 Å². The molecule has 0 spiro atoms. The van der Waals surface area contributed by atoms with Crippen LogP contribution in [-0.4, -0.2) is 51.0 Å². The Labute approximate surface area is 115 Å². The Morgan fingerprint density at radius 1 is 1.37 bits per heavy atom. The summed E-state index contributed by atoms with van der Waals surface area (Å²) >= 11 is 0. The number of hydrogen-bond donors (Lipinski definition) is 0. The molecule has 1 saturated heterocycles. The molecule has 1 amide bonds. The smallest absolute Gasteiger partial charge is 0.410 e. The summed E-state index contributed by atoms with van der Waals surface area (Å²) in [5.41, 5.74) is -0.491. The van der Waals surface area contributed by atoms with Crippen molar-refractivity contribution < 1.29 is 22.1 Å². The first-order valence-electron chi connectivity index (χ1n) is 6.39. The van der Waals surface area contributed by atoms with E-state index in [1.165, 1.54) is 0 Å². The summed E-state index contributed by atoms with van der Waals surface area (Å²) in [6.45, 7) is 6.92. The van der Waals surface area contributed by atoms with E-state index in [0.717, 1.165) is 12.7 Å². The van der Waals surface area contributed by atoms with Crippen LogP contribution in [0.15, 0.2) is 0 Å². The Bertz CT molecular complexity index is 412. The highest BCUT2D eigenvalue weighted by atomic mass is 32.2. The monoisotopic (exact) mass is 293 g/mol. The molecule has 0 saturated carbocycles. The van der Waals surface area contributed by atoms with E-state index < -0.39 is 15.7 Å². The first-order valence-corrected chi connectivity index (χ1v) is 8.21. The first kappa shape index (κ1) is 16.2. The number of ether oxygens (including phenoxy) is 1. The number of rotatable bonds is 4. The quantitative estimate of drug-likeness (QED) is 0.736. The van der Waals surface area contributed by atoms with Crippen molar-refractivity contribution in [3.05, 3.63) is 0 Å². The molecule has 1 aliphatic rings. The second-order valence-corrected chi connectivity index (χ2v) is 7.54. The van der Waals surface area contributed by atoms with Gasteiger partial charge >= 0.3 is 6.09 Å². The van der Waals surface area contributed by atoms with Gasteiger partial charge in [-0.1, -0.05) is 0 Å². The van der Waals surface area contributed by atoms with E-state index in [-0.39, 0.29) is 18.6 Å². The minimum atomic E-state index is -3.37. The Morgan fingerprint density at radius 2 is 2.00 bits per heavy atom. The van der Waals surface area contributed by atoms with Crippen molar-refractivity contribution in [2.45, 2.75) is 39.2 Å². The summed E-state index contributed by atoms with van der Waals surface area (Å²) in [6, 6.07) is 0. The van der Waals surface area contributed by atoms with Gasteiger partial charge in [-0.25, -0.2) is 4.79 Å². The van der Waals surface area contributed by atoms with E-state index in [1.54, 1.807) is 4.90 Å². The molecule has 0 aliphatic carbocycles. The molecule has 1 aliphatic heterocycles. The summed E-state index contributed by atoms with van der Waals surface area (Å²) in [5.74, 6) is 0.272. The van der Waals surface area contributed by atoms with Crippen molar-refractivity contribution >= 4 is 16.2 Å². The predicted molar refractivity (Wildman–Crippen MR) is 71.3 cm³/mol. The van der Waals surface area contributed by atoms with Gasteiger partial charge in [0, 0.05) is 13.1 Å². The molecule has 0 aromatic carbocycles. The molecule has 0 aromatic rings. The zero-order valence-corrected chi connectivity index (χ0v) is 12.8. The van der Waals surface area contributed by atoms with Gasteiger partial charge in [0.2, 0.25) is 0 Å². The molecule has 0 radical (unpaired) electrons. The van der Waals surface area contributed by atoms with Crippen molar-refractivity contribution in [3.63, 3.8) is 0 Å². The molecule has 7 heteroatoms. The lowest BCUT2D eigenvalue weighted by molar-refractivity contribution is 0.0286. The largest absolute Gasteiger partial charge is 0.444 e. The average molecular weight is 293 g/mol. The molecule has 0 aromatic heterocycles. The van der Waals surface area contributed by atoms with Crippen LogP contribution in [0.1, 0.15) is 33.6 Å². The SMILES string of the molecule is CC(C)(C)OC(=O)N1CCC(CCOS(C)(=O)=O)C1. The average Bonchev–Trinajstić information content (AvgIpc) is 2.61. The van der Waals surface area contributed by atoms with Crippen LogP contribution in [0, 0.1) is 5.92 Å².